The predicted octanol–water partition coefficient (Wildman–Crippen LogP) is 3.03. The molecule has 0 spiro atoms. The Hall–Kier alpha value is -3.52. The van der Waals surface area contributed by atoms with Gasteiger partial charge in [-0.15, -0.1) is 0 Å². The molecule has 0 radical (unpaired) electrons. The van der Waals surface area contributed by atoms with E-state index in [2.05, 4.69) is 20.7 Å². The van der Waals surface area contributed by atoms with Crippen LogP contribution < -0.4 is 10.6 Å². The molecule has 0 unspecified atom stereocenters. The molecule has 3 rings (SSSR count). The Balaban J connectivity index is 1.75. The first kappa shape index (κ1) is 19.2. The van der Waals surface area contributed by atoms with Crippen LogP contribution in [0.3, 0.4) is 0 Å². The van der Waals surface area contributed by atoms with Gasteiger partial charge in [0.1, 0.15) is 5.82 Å². The zero-order valence-electron chi connectivity index (χ0n) is 14.8. The van der Waals surface area contributed by atoms with Gasteiger partial charge in [0.15, 0.2) is 0 Å². The van der Waals surface area contributed by atoms with E-state index in [4.69, 9.17) is 11.6 Å². The highest BCUT2D eigenvalue weighted by Crippen LogP contribution is 2.18. The summed E-state index contributed by atoms with van der Waals surface area (Å²) in [5.74, 6) is -1.79. The largest absolute Gasteiger partial charge is 0.318 e. The summed E-state index contributed by atoms with van der Waals surface area (Å²) in [6, 6.07) is 9.49. The van der Waals surface area contributed by atoms with E-state index in [0.717, 1.165) is 0 Å². The number of rotatable bonds is 6. The number of nitrogens with one attached hydrogen (secondary N) is 2. The smallest absolute Gasteiger partial charge is 0.296 e. The minimum absolute atomic E-state index is 0.173. The molecule has 0 bridgehead atoms. The molecule has 28 heavy (non-hydrogen) atoms. The second kappa shape index (κ2) is 8.45. The molecule has 0 aliphatic heterocycles. The summed E-state index contributed by atoms with van der Waals surface area (Å²) in [6.45, 7) is 2.45. The Bertz CT molecular complexity index is 1030. The molecule has 2 N–H and O–H groups in total. The highest BCUT2D eigenvalue weighted by atomic mass is 35.5. The third kappa shape index (κ3) is 4.41. The molecule has 142 valence electrons. The number of aryl methyl sites for hydroxylation is 1. The molecule has 0 aliphatic rings. The van der Waals surface area contributed by atoms with Crippen LogP contribution in [0.2, 0.25) is 5.02 Å². The van der Waals surface area contributed by atoms with Crippen molar-refractivity contribution in [2.24, 2.45) is 0 Å². The molecule has 2 heterocycles. The van der Waals surface area contributed by atoms with E-state index in [1.165, 1.54) is 30.7 Å². The van der Waals surface area contributed by atoms with Gasteiger partial charge in [-0.05, 0) is 31.2 Å². The predicted molar refractivity (Wildman–Crippen MR) is 105 cm³/mol. The van der Waals surface area contributed by atoms with Crippen LogP contribution in [-0.4, -0.2) is 32.4 Å². The van der Waals surface area contributed by atoms with Crippen molar-refractivity contribution in [1.82, 2.24) is 14.8 Å². The first-order valence-corrected chi connectivity index (χ1v) is 8.75. The van der Waals surface area contributed by atoms with E-state index in [9.17, 15) is 14.4 Å². The lowest BCUT2D eigenvalue weighted by molar-refractivity contribution is -0.112. The molecule has 2 amide bonds. The number of amides is 2. The minimum atomic E-state index is -0.861. The maximum Gasteiger partial charge on any atom is 0.296 e. The number of carbonyl (C=O) groups excluding carboxylic acids is 3. The highest BCUT2D eigenvalue weighted by molar-refractivity contribution is 6.46. The summed E-state index contributed by atoms with van der Waals surface area (Å²) in [5, 5.41) is 9.52. The molecule has 0 atom stereocenters. The van der Waals surface area contributed by atoms with Gasteiger partial charge in [0.05, 0.1) is 28.0 Å². The zero-order chi connectivity index (χ0) is 20.1. The third-order valence-corrected chi connectivity index (χ3v) is 4.04. The molecule has 9 heteroatoms. The topological polar surface area (TPSA) is 106 Å². The number of para-hydroxylation sites is 1. The van der Waals surface area contributed by atoms with Gasteiger partial charge < -0.3 is 10.6 Å². The second-order valence-electron chi connectivity index (χ2n) is 5.73. The zero-order valence-corrected chi connectivity index (χ0v) is 15.6. The van der Waals surface area contributed by atoms with Crippen LogP contribution in [0.5, 0.6) is 0 Å². The van der Waals surface area contributed by atoms with Crippen LogP contribution in [0, 0.1) is 0 Å². The van der Waals surface area contributed by atoms with Crippen LogP contribution in [-0.2, 0) is 11.3 Å². The molecule has 8 nitrogen and oxygen atoms in total. The van der Waals surface area contributed by atoms with Gasteiger partial charge >= 0.3 is 0 Å². The van der Waals surface area contributed by atoms with E-state index in [0.29, 0.717) is 17.4 Å². The quantitative estimate of drug-likeness (QED) is 0.491. The number of benzene rings is 1. The van der Waals surface area contributed by atoms with Crippen LogP contribution in [0.1, 0.15) is 27.6 Å². The van der Waals surface area contributed by atoms with Gasteiger partial charge in [0, 0.05) is 18.9 Å². The molecule has 0 aliphatic carbocycles. The molecule has 2 aromatic heterocycles. The normalized spacial score (nSPS) is 10.4. The van der Waals surface area contributed by atoms with E-state index >= 15 is 0 Å². The summed E-state index contributed by atoms with van der Waals surface area (Å²) >= 11 is 5.78. The van der Waals surface area contributed by atoms with Gasteiger partial charge in [-0.2, -0.15) is 5.10 Å². The number of ketones is 1. The molecule has 1 aromatic carbocycles. The number of carbonyl (C=O) groups is 3. The first-order chi connectivity index (χ1) is 13.5. The lowest BCUT2D eigenvalue weighted by atomic mass is 10.1. The Morgan fingerprint density at radius 1 is 1.07 bits per heavy atom. The Morgan fingerprint density at radius 2 is 1.86 bits per heavy atom. The van der Waals surface area contributed by atoms with E-state index in [1.54, 1.807) is 28.9 Å². The number of halogens is 1. The number of anilines is 2. The number of hydrogen-bond donors (Lipinski definition) is 2. The lowest BCUT2D eigenvalue weighted by Gasteiger charge is -2.10. The van der Waals surface area contributed by atoms with Gasteiger partial charge in [0.25, 0.3) is 17.6 Å². The molecule has 0 saturated heterocycles. The monoisotopic (exact) mass is 397 g/mol. The molecular formula is C19H16ClN5O3. The summed E-state index contributed by atoms with van der Waals surface area (Å²) in [6.07, 6.45) is 4.23. The van der Waals surface area contributed by atoms with Crippen LogP contribution in [0.25, 0.3) is 0 Å². The number of Topliss-reactive ketones (excluding diaryl/α,β-unsaturated/α-hetero) is 1. The summed E-state index contributed by atoms with van der Waals surface area (Å²) < 4.78 is 1.54. The summed E-state index contributed by atoms with van der Waals surface area (Å²) in [7, 11) is 0. The average molecular weight is 398 g/mol. The fourth-order valence-electron chi connectivity index (χ4n) is 2.39. The van der Waals surface area contributed by atoms with E-state index in [-0.39, 0.29) is 16.8 Å². The molecular weight excluding hydrogens is 382 g/mol. The first-order valence-electron chi connectivity index (χ1n) is 8.38. The van der Waals surface area contributed by atoms with Crippen molar-refractivity contribution in [3.8, 4) is 0 Å². The fourth-order valence-corrected chi connectivity index (χ4v) is 2.50. The number of aromatic nitrogens is 3. The third-order valence-electron chi connectivity index (χ3n) is 3.81. The van der Waals surface area contributed by atoms with Gasteiger partial charge in [-0.25, -0.2) is 4.98 Å². The minimum Gasteiger partial charge on any atom is -0.318 e. The highest BCUT2D eigenvalue weighted by Gasteiger charge is 2.20. The van der Waals surface area contributed by atoms with E-state index < -0.39 is 17.6 Å². The lowest BCUT2D eigenvalue weighted by Crippen LogP contribution is -2.24. The van der Waals surface area contributed by atoms with Crippen LogP contribution >= 0.6 is 11.6 Å². The van der Waals surface area contributed by atoms with Crippen molar-refractivity contribution in [2.75, 3.05) is 10.6 Å². The van der Waals surface area contributed by atoms with Crippen molar-refractivity contribution < 1.29 is 14.4 Å². The fraction of sp³-hybridized carbons (Fsp3) is 0.105. The van der Waals surface area contributed by atoms with Crippen molar-refractivity contribution in [1.29, 1.82) is 0 Å². The molecule has 3 aromatic rings. The van der Waals surface area contributed by atoms with E-state index in [1.807, 2.05) is 6.92 Å². The number of hydrogen-bond acceptors (Lipinski definition) is 5. The molecule has 0 saturated carbocycles. The summed E-state index contributed by atoms with van der Waals surface area (Å²) in [4.78, 5) is 41.2. The summed E-state index contributed by atoms with van der Waals surface area (Å²) in [5.41, 5.74) is 0.562. The maximum absolute atomic E-state index is 12.5. The standard InChI is InChI=1S/C19H16ClN5O3/c1-2-25-11-12(9-22-25)17(26)19(28)23-15-6-4-3-5-14(15)18(27)24-16-8-7-13(20)10-21-16/h3-11H,2H2,1H3,(H,23,28)(H,21,24,27). The van der Waals surface area contributed by atoms with Gasteiger partial charge in [-0.1, -0.05) is 23.7 Å². The van der Waals surface area contributed by atoms with Crippen LogP contribution in [0.15, 0.2) is 55.0 Å². The Morgan fingerprint density at radius 3 is 2.54 bits per heavy atom. The number of nitrogens with zero attached hydrogens (tertiary/aromatic N) is 3. The Kier molecular flexibility index (Phi) is 5.81. The maximum atomic E-state index is 12.5. The van der Waals surface area contributed by atoms with Crippen molar-refractivity contribution in [3.63, 3.8) is 0 Å². The van der Waals surface area contributed by atoms with Gasteiger partial charge in [-0.3, -0.25) is 19.1 Å². The average Bonchev–Trinajstić information content (AvgIpc) is 3.18. The van der Waals surface area contributed by atoms with Gasteiger partial charge in [0.2, 0.25) is 0 Å². The second-order valence-corrected chi connectivity index (χ2v) is 6.17. The van der Waals surface area contributed by atoms with Crippen molar-refractivity contribution in [3.05, 3.63) is 71.1 Å². The van der Waals surface area contributed by atoms with Crippen LogP contribution in [0.4, 0.5) is 11.5 Å². The Labute approximate surface area is 165 Å². The molecule has 0 fully saturated rings. The van der Waals surface area contributed by atoms with Crippen molar-refractivity contribution >= 4 is 40.7 Å². The SMILES string of the molecule is CCn1cc(C(=O)C(=O)Nc2ccccc2C(=O)Nc2ccc(Cl)cn2)cn1. The van der Waals surface area contributed by atoms with Crippen molar-refractivity contribution in [2.45, 2.75) is 13.5 Å². The number of pyridine rings is 1.